The van der Waals surface area contributed by atoms with Crippen LogP contribution in [0.5, 0.6) is 0 Å². The van der Waals surface area contributed by atoms with Gasteiger partial charge in [0.2, 0.25) is 0 Å². The monoisotopic (exact) mass is 431 g/mol. The van der Waals surface area contributed by atoms with Crippen LogP contribution in [0.1, 0.15) is 0 Å². The van der Waals surface area contributed by atoms with Crippen molar-refractivity contribution in [2.75, 3.05) is 34.3 Å². The van der Waals surface area contributed by atoms with Gasteiger partial charge < -0.3 is 33.0 Å². The molecule has 2 aromatic rings. The van der Waals surface area contributed by atoms with Crippen molar-refractivity contribution in [3.05, 3.63) is 60.7 Å². The predicted molar refractivity (Wildman–Crippen MR) is 88.6 cm³/mol. The molecule has 2 aromatic carbocycles. The summed E-state index contributed by atoms with van der Waals surface area (Å²) in [5, 5.41) is 1.50. The van der Waals surface area contributed by atoms with Gasteiger partial charge >= 0.3 is 0 Å². The average molecular weight is 431 g/mol. The summed E-state index contributed by atoms with van der Waals surface area (Å²) in [5.74, 6) is 0. The van der Waals surface area contributed by atoms with Crippen LogP contribution in [-0.4, -0.2) is 38.8 Å². The van der Waals surface area contributed by atoms with Crippen LogP contribution >= 0.6 is 7.37 Å². The molecular formula is C17H23INO2P. The van der Waals surface area contributed by atoms with Gasteiger partial charge in [0, 0.05) is 10.6 Å². The van der Waals surface area contributed by atoms with Crippen LogP contribution in [0, 0.1) is 0 Å². The maximum atomic E-state index is 13.5. The molecule has 0 atom stereocenters. The summed E-state index contributed by atoms with van der Waals surface area (Å²) in [6, 6.07) is 18.9. The lowest BCUT2D eigenvalue weighted by molar-refractivity contribution is -0.870. The summed E-state index contributed by atoms with van der Waals surface area (Å²) in [6.45, 7) is 1.27. The fourth-order valence-electron chi connectivity index (χ4n) is 1.99. The number of nitrogens with zero attached hydrogens (tertiary/aromatic N) is 1. The summed E-state index contributed by atoms with van der Waals surface area (Å²) >= 11 is 0. The lowest BCUT2D eigenvalue weighted by atomic mass is 10.4. The molecule has 120 valence electrons. The Morgan fingerprint density at radius 1 is 0.864 bits per heavy atom. The van der Waals surface area contributed by atoms with E-state index in [1.807, 2.05) is 60.7 Å². The number of hydrogen-bond donors (Lipinski definition) is 0. The maximum absolute atomic E-state index is 13.5. The largest absolute Gasteiger partial charge is 1.00 e. The van der Waals surface area contributed by atoms with Crippen LogP contribution in [0.25, 0.3) is 0 Å². The van der Waals surface area contributed by atoms with Crippen molar-refractivity contribution in [2.45, 2.75) is 0 Å². The van der Waals surface area contributed by atoms with E-state index >= 15 is 0 Å². The molecule has 0 aliphatic carbocycles. The first-order valence-electron chi connectivity index (χ1n) is 7.08. The Hall–Kier alpha value is -0.680. The van der Waals surface area contributed by atoms with E-state index in [-0.39, 0.29) is 24.0 Å². The van der Waals surface area contributed by atoms with Gasteiger partial charge in [-0.2, -0.15) is 0 Å². The van der Waals surface area contributed by atoms with Gasteiger partial charge in [-0.3, -0.25) is 4.57 Å². The van der Waals surface area contributed by atoms with Crippen molar-refractivity contribution in [1.29, 1.82) is 0 Å². The lowest BCUT2D eigenvalue weighted by Crippen LogP contribution is -3.00. The second-order valence-electron chi connectivity index (χ2n) is 6.07. The van der Waals surface area contributed by atoms with Crippen molar-refractivity contribution in [2.24, 2.45) is 0 Å². The van der Waals surface area contributed by atoms with Gasteiger partial charge in [-0.1, -0.05) is 36.4 Å². The number of benzene rings is 2. The molecule has 3 nitrogen and oxygen atoms in total. The Balaban J connectivity index is 0.00000242. The molecule has 0 aromatic heterocycles. The quantitative estimate of drug-likeness (QED) is 0.355. The van der Waals surface area contributed by atoms with Gasteiger partial charge in [0.05, 0.1) is 21.1 Å². The Bertz CT molecular complexity index is 568. The molecule has 0 spiro atoms. The van der Waals surface area contributed by atoms with Gasteiger partial charge in [0.25, 0.3) is 7.37 Å². The molecule has 0 fully saturated rings. The molecule has 0 saturated heterocycles. The third-order valence-corrected chi connectivity index (χ3v) is 5.73. The zero-order valence-electron chi connectivity index (χ0n) is 13.3. The summed E-state index contributed by atoms with van der Waals surface area (Å²) in [7, 11) is 3.27. The number of rotatable bonds is 6. The van der Waals surface area contributed by atoms with E-state index in [0.29, 0.717) is 6.61 Å². The lowest BCUT2D eigenvalue weighted by Gasteiger charge is -2.26. The maximum Gasteiger partial charge on any atom is 0.261 e. The summed E-state index contributed by atoms with van der Waals surface area (Å²) in [4.78, 5) is 0. The Labute approximate surface area is 150 Å². The van der Waals surface area contributed by atoms with E-state index in [1.54, 1.807) is 0 Å². The SMILES string of the molecule is C[N+](C)(C)CCOP(=O)(c1ccccc1)c1ccccc1.[I-]. The van der Waals surface area contributed by atoms with Crippen LogP contribution in [0.15, 0.2) is 60.7 Å². The summed E-state index contributed by atoms with van der Waals surface area (Å²) in [5.41, 5.74) is 0. The average Bonchev–Trinajstić information content (AvgIpc) is 2.47. The standard InChI is InChI=1S/C17H23NO2P.HI/c1-18(2,3)14-15-20-21(19,16-10-6-4-7-11-16)17-12-8-5-9-13-17;/h4-13H,14-15H2,1-3H3;1H/q+1;/p-1. The predicted octanol–water partition coefficient (Wildman–Crippen LogP) is -0.358. The molecule has 0 radical (unpaired) electrons. The molecule has 0 amide bonds. The highest BCUT2D eigenvalue weighted by molar-refractivity contribution is 7.74. The molecule has 0 aliphatic heterocycles. The van der Waals surface area contributed by atoms with Crippen LogP contribution in [0.3, 0.4) is 0 Å². The smallest absolute Gasteiger partial charge is 0.261 e. The minimum atomic E-state index is -3.02. The minimum absolute atomic E-state index is 0. The second kappa shape index (κ2) is 8.25. The summed E-state index contributed by atoms with van der Waals surface area (Å²) < 4.78 is 20.2. The third-order valence-electron chi connectivity index (χ3n) is 3.23. The Kier molecular flexibility index (Phi) is 7.26. The first-order valence-corrected chi connectivity index (χ1v) is 8.70. The van der Waals surface area contributed by atoms with E-state index in [9.17, 15) is 4.57 Å². The van der Waals surface area contributed by atoms with E-state index in [0.717, 1.165) is 21.6 Å². The molecule has 0 saturated carbocycles. The number of hydrogen-bond acceptors (Lipinski definition) is 2. The topological polar surface area (TPSA) is 26.3 Å². The number of quaternary nitrogens is 1. The second-order valence-corrected chi connectivity index (χ2v) is 8.46. The van der Waals surface area contributed by atoms with Gasteiger partial charge in [-0.05, 0) is 24.3 Å². The number of likely N-dealkylation sites (N-methyl/N-ethyl adjacent to an activating group) is 1. The van der Waals surface area contributed by atoms with E-state index in [2.05, 4.69) is 21.1 Å². The summed E-state index contributed by atoms with van der Waals surface area (Å²) in [6.07, 6.45) is 0. The first kappa shape index (κ1) is 19.4. The Morgan fingerprint density at radius 3 is 1.64 bits per heavy atom. The van der Waals surface area contributed by atoms with Crippen molar-refractivity contribution in [1.82, 2.24) is 0 Å². The van der Waals surface area contributed by atoms with Gasteiger partial charge in [0.15, 0.2) is 0 Å². The number of halogens is 1. The van der Waals surface area contributed by atoms with E-state index in [4.69, 9.17) is 4.52 Å². The fourth-order valence-corrected chi connectivity index (χ4v) is 4.05. The van der Waals surface area contributed by atoms with Crippen molar-refractivity contribution in [3.63, 3.8) is 0 Å². The van der Waals surface area contributed by atoms with Crippen molar-refractivity contribution >= 4 is 18.0 Å². The molecule has 22 heavy (non-hydrogen) atoms. The molecule has 0 aliphatic rings. The highest BCUT2D eigenvalue weighted by atomic mass is 127. The normalized spacial score (nSPS) is 11.8. The molecule has 0 bridgehead atoms. The van der Waals surface area contributed by atoms with Gasteiger partial charge in [-0.15, -0.1) is 0 Å². The molecular weight excluding hydrogens is 408 g/mol. The van der Waals surface area contributed by atoms with Crippen LogP contribution in [-0.2, 0) is 9.09 Å². The minimum Gasteiger partial charge on any atom is -1.00 e. The van der Waals surface area contributed by atoms with E-state index in [1.165, 1.54) is 0 Å². The Morgan fingerprint density at radius 2 is 1.27 bits per heavy atom. The van der Waals surface area contributed by atoms with Crippen molar-refractivity contribution in [3.8, 4) is 0 Å². The first-order chi connectivity index (χ1) is 9.92. The van der Waals surface area contributed by atoms with Crippen LogP contribution in [0.4, 0.5) is 0 Å². The van der Waals surface area contributed by atoms with Gasteiger partial charge in [-0.25, -0.2) is 0 Å². The van der Waals surface area contributed by atoms with Crippen LogP contribution in [0.2, 0.25) is 0 Å². The third kappa shape index (κ3) is 5.20. The van der Waals surface area contributed by atoms with Gasteiger partial charge in [0.1, 0.15) is 13.2 Å². The van der Waals surface area contributed by atoms with E-state index < -0.39 is 7.37 Å². The highest BCUT2D eigenvalue weighted by Crippen LogP contribution is 2.44. The van der Waals surface area contributed by atoms with Crippen LogP contribution < -0.4 is 34.6 Å². The molecule has 2 rings (SSSR count). The molecule has 0 unspecified atom stereocenters. The molecule has 0 heterocycles. The zero-order chi connectivity index (χ0) is 15.3. The molecule has 0 N–H and O–H groups in total. The molecule has 5 heteroatoms. The zero-order valence-corrected chi connectivity index (χ0v) is 16.3. The fraction of sp³-hybridized carbons (Fsp3) is 0.294. The highest BCUT2D eigenvalue weighted by Gasteiger charge is 2.28. The van der Waals surface area contributed by atoms with Crippen molar-refractivity contribution < 1.29 is 37.5 Å².